The summed E-state index contributed by atoms with van der Waals surface area (Å²) >= 11 is 0. The van der Waals surface area contributed by atoms with Crippen molar-refractivity contribution in [2.75, 3.05) is 12.3 Å². The Kier molecular flexibility index (Phi) is 9.65. The molecule has 180 valence electrons. The summed E-state index contributed by atoms with van der Waals surface area (Å²) in [6, 6.07) is 0. The lowest BCUT2D eigenvalue weighted by Gasteiger charge is -2.15. The maximum Gasteiger partial charge on any atom is 0.490 e. The van der Waals surface area contributed by atoms with Crippen LogP contribution in [-0.4, -0.2) is 68.2 Å². The molecule has 0 radical (unpaired) electrons. The molecule has 1 aliphatic rings. The number of nitrogens with two attached hydrogens (primary N) is 1. The van der Waals surface area contributed by atoms with Crippen molar-refractivity contribution < 1.29 is 66.8 Å². The molecule has 2 rings (SSSR count). The summed E-state index contributed by atoms with van der Waals surface area (Å²) in [6.07, 6.45) is -0.772. The normalized spacial score (nSPS) is 22.1. The molecule has 1 aromatic rings. The molecule has 1 saturated heterocycles. The lowest BCUT2D eigenvalue weighted by Crippen LogP contribution is -2.29. The molecule has 10 N–H and O–H groups in total. The summed E-state index contributed by atoms with van der Waals surface area (Å²) in [5.41, 5.74) is 5.15. The van der Waals surface area contributed by atoms with Gasteiger partial charge in [-0.15, -0.1) is 0 Å². The molecule has 2 heterocycles. The SMILES string of the molecule is Nc1nc(=O)n([C@H]2C[C@H](O)[C@@H](CO)O2)cc1CO.O=P(O)(O)OP(=O)(O)OP(=O)(O)O. The van der Waals surface area contributed by atoms with Gasteiger partial charge in [0.05, 0.1) is 19.3 Å². The zero-order valence-electron chi connectivity index (χ0n) is 15.2. The average molecular weight is 515 g/mol. The fourth-order valence-corrected chi connectivity index (χ4v) is 4.72. The number of nitrogen functional groups attached to an aromatic ring is 1. The van der Waals surface area contributed by atoms with Crippen LogP contribution in [0.25, 0.3) is 0 Å². The maximum absolute atomic E-state index is 11.7. The monoisotopic (exact) mass is 515 g/mol. The van der Waals surface area contributed by atoms with Crippen LogP contribution in [0.5, 0.6) is 0 Å². The van der Waals surface area contributed by atoms with E-state index in [9.17, 15) is 23.6 Å². The standard InChI is InChI=1S/C10H15N3O5.H5O10P3/c11-9-5(3-14)2-13(10(17)12-9)8-1-6(16)7(4-15)18-8;1-11(2,3)9-13(7,8)10-12(4,5)6/h2,6-8,14-16H,1,3-4H2,(H2,11,12,17);(H,7,8)(H2,1,2,3)(H2,4,5,6)/t6-,7+,8+;/m0./s1. The van der Waals surface area contributed by atoms with Gasteiger partial charge in [0.15, 0.2) is 0 Å². The average Bonchev–Trinajstić information content (AvgIpc) is 2.91. The molecular formula is C10H20N3O15P3. The predicted octanol–water partition coefficient (Wildman–Crippen LogP) is -2.74. The van der Waals surface area contributed by atoms with Crippen LogP contribution in [-0.2, 0) is 33.7 Å². The van der Waals surface area contributed by atoms with E-state index in [1.54, 1.807) is 0 Å². The Morgan fingerprint density at radius 3 is 2.03 bits per heavy atom. The molecule has 0 aliphatic carbocycles. The number of aliphatic hydroxyl groups is 3. The third kappa shape index (κ3) is 9.53. The zero-order valence-corrected chi connectivity index (χ0v) is 17.9. The number of hydrogen-bond donors (Lipinski definition) is 9. The highest BCUT2D eigenvalue weighted by Gasteiger charge is 2.38. The molecule has 1 fully saturated rings. The molecule has 31 heavy (non-hydrogen) atoms. The Hall–Kier alpha value is -1.07. The second-order valence-corrected chi connectivity index (χ2v) is 9.93. The van der Waals surface area contributed by atoms with Crippen LogP contribution in [0.15, 0.2) is 11.0 Å². The molecule has 21 heteroatoms. The smallest absolute Gasteiger partial charge is 0.394 e. The summed E-state index contributed by atoms with van der Waals surface area (Å²) in [6.45, 7) is -0.681. The molecule has 0 spiro atoms. The summed E-state index contributed by atoms with van der Waals surface area (Å²) in [4.78, 5) is 55.4. The van der Waals surface area contributed by atoms with E-state index in [-0.39, 0.29) is 25.5 Å². The molecule has 1 aliphatic heterocycles. The van der Waals surface area contributed by atoms with E-state index in [0.717, 1.165) is 4.57 Å². The van der Waals surface area contributed by atoms with Gasteiger partial charge < -0.3 is 50.3 Å². The number of nitrogens with zero attached hydrogens (tertiary/aromatic N) is 2. The molecule has 0 amide bonds. The van der Waals surface area contributed by atoms with Crippen LogP contribution in [0.3, 0.4) is 0 Å². The molecule has 18 nitrogen and oxygen atoms in total. The van der Waals surface area contributed by atoms with E-state index in [1.807, 2.05) is 0 Å². The lowest BCUT2D eigenvalue weighted by molar-refractivity contribution is -0.0459. The van der Waals surface area contributed by atoms with Gasteiger partial charge in [0, 0.05) is 18.2 Å². The zero-order chi connectivity index (χ0) is 24.2. The first-order valence-electron chi connectivity index (χ1n) is 7.77. The number of hydrogen-bond acceptors (Lipinski definition) is 12. The van der Waals surface area contributed by atoms with E-state index in [4.69, 9.17) is 45.2 Å². The van der Waals surface area contributed by atoms with Crippen molar-refractivity contribution in [1.82, 2.24) is 9.55 Å². The van der Waals surface area contributed by atoms with Gasteiger partial charge in [-0.05, 0) is 0 Å². The van der Waals surface area contributed by atoms with Crippen molar-refractivity contribution in [2.24, 2.45) is 0 Å². The molecular weight excluding hydrogens is 495 g/mol. The number of anilines is 1. The Morgan fingerprint density at radius 2 is 1.65 bits per heavy atom. The Labute approximate surface area is 172 Å². The number of aromatic nitrogens is 2. The molecule has 0 bridgehead atoms. The highest BCUT2D eigenvalue weighted by Crippen LogP contribution is 2.64. The highest BCUT2D eigenvalue weighted by molar-refractivity contribution is 7.66. The molecule has 0 aromatic carbocycles. The van der Waals surface area contributed by atoms with Crippen molar-refractivity contribution in [2.45, 2.75) is 31.5 Å². The van der Waals surface area contributed by atoms with Crippen LogP contribution < -0.4 is 11.4 Å². The van der Waals surface area contributed by atoms with Crippen molar-refractivity contribution in [3.63, 3.8) is 0 Å². The van der Waals surface area contributed by atoms with E-state index >= 15 is 0 Å². The quantitative estimate of drug-likeness (QED) is 0.166. The van der Waals surface area contributed by atoms with E-state index in [0.29, 0.717) is 5.56 Å². The second kappa shape index (κ2) is 10.7. The molecule has 3 atom stereocenters. The van der Waals surface area contributed by atoms with Crippen LogP contribution in [0, 0.1) is 0 Å². The van der Waals surface area contributed by atoms with E-state index in [2.05, 4.69) is 13.6 Å². The number of rotatable bonds is 7. The van der Waals surface area contributed by atoms with Gasteiger partial charge in [-0.1, -0.05) is 0 Å². The highest BCUT2D eigenvalue weighted by atomic mass is 31.3. The predicted molar refractivity (Wildman–Crippen MR) is 96.5 cm³/mol. The minimum atomic E-state index is -5.46. The Bertz CT molecular complexity index is 928. The van der Waals surface area contributed by atoms with Gasteiger partial charge in [-0.2, -0.15) is 13.6 Å². The fraction of sp³-hybridized carbons (Fsp3) is 0.600. The maximum atomic E-state index is 11.7. The Morgan fingerprint density at radius 1 is 1.13 bits per heavy atom. The van der Waals surface area contributed by atoms with Gasteiger partial charge in [-0.25, -0.2) is 18.5 Å². The third-order valence-electron chi connectivity index (χ3n) is 3.34. The summed E-state index contributed by atoms with van der Waals surface area (Å²) in [5, 5.41) is 27.6. The van der Waals surface area contributed by atoms with Crippen molar-refractivity contribution >= 4 is 29.3 Å². The van der Waals surface area contributed by atoms with Crippen LogP contribution in [0.1, 0.15) is 18.2 Å². The molecule has 0 saturated carbocycles. The molecule has 1 aromatic heterocycles. The second-order valence-electron chi connectivity index (χ2n) is 5.73. The fourth-order valence-electron chi connectivity index (χ4n) is 2.18. The van der Waals surface area contributed by atoms with Gasteiger partial charge in [0.2, 0.25) is 0 Å². The summed E-state index contributed by atoms with van der Waals surface area (Å²) in [7, 11) is -16.2. The van der Waals surface area contributed by atoms with Crippen molar-refractivity contribution in [3.8, 4) is 0 Å². The van der Waals surface area contributed by atoms with Crippen molar-refractivity contribution in [1.29, 1.82) is 0 Å². The largest absolute Gasteiger partial charge is 0.490 e. The van der Waals surface area contributed by atoms with Gasteiger partial charge in [0.1, 0.15) is 18.1 Å². The van der Waals surface area contributed by atoms with Crippen molar-refractivity contribution in [3.05, 3.63) is 22.2 Å². The first-order chi connectivity index (χ1) is 14.0. The molecule has 0 unspecified atom stereocenters. The van der Waals surface area contributed by atoms with Gasteiger partial charge in [0.25, 0.3) is 0 Å². The number of ether oxygens (including phenoxy) is 1. The van der Waals surface area contributed by atoms with Gasteiger partial charge in [-0.3, -0.25) is 4.57 Å². The van der Waals surface area contributed by atoms with Gasteiger partial charge >= 0.3 is 29.2 Å². The van der Waals surface area contributed by atoms with Crippen LogP contribution in [0.4, 0.5) is 5.82 Å². The minimum Gasteiger partial charge on any atom is -0.394 e. The van der Waals surface area contributed by atoms with Crippen LogP contribution in [0.2, 0.25) is 0 Å². The third-order valence-corrected chi connectivity index (χ3v) is 6.70. The van der Waals surface area contributed by atoms with E-state index < -0.39 is 47.6 Å². The number of aliphatic hydroxyl groups excluding tert-OH is 3. The summed E-state index contributed by atoms with van der Waals surface area (Å²) in [5.74, 6) is -0.0315. The lowest BCUT2D eigenvalue weighted by atomic mass is 10.2. The first kappa shape index (κ1) is 28.0. The summed E-state index contributed by atoms with van der Waals surface area (Å²) < 4.78 is 42.9. The Balaban J connectivity index is 0.000000330. The van der Waals surface area contributed by atoms with E-state index in [1.165, 1.54) is 6.20 Å². The van der Waals surface area contributed by atoms with Crippen LogP contribution >= 0.6 is 23.5 Å². The minimum absolute atomic E-state index is 0.0315. The first-order valence-corrected chi connectivity index (χ1v) is 12.3. The topological polar surface area (TPSA) is 302 Å². The number of phosphoric acid groups is 3.